The van der Waals surface area contributed by atoms with Crippen LogP contribution in [0.3, 0.4) is 0 Å². The standard InChI is InChI=1S/C17H24N4OS.C2H6.CH4/c1-11-6-8-12(9-7-11)19-15(22)5-3-2-4-14-16-13(10-23-14)20-17(18)21-16;1-2;/h6-9,13-14,16H,2-5,10H2,1H3,(H,19,22)(H3,18,20,21);1-2H3;1H4. The molecule has 146 valence electrons. The Hall–Kier alpha value is -1.69. The van der Waals surface area contributed by atoms with E-state index in [1.54, 1.807) is 0 Å². The highest BCUT2D eigenvalue weighted by Gasteiger charge is 2.39. The molecule has 2 aliphatic rings. The van der Waals surface area contributed by atoms with Crippen molar-refractivity contribution in [3.63, 3.8) is 0 Å². The minimum atomic E-state index is 0. The molecule has 3 atom stereocenters. The topological polar surface area (TPSA) is 79.5 Å². The maximum atomic E-state index is 12.0. The predicted molar refractivity (Wildman–Crippen MR) is 115 cm³/mol. The minimum Gasteiger partial charge on any atom is -0.370 e. The number of unbranched alkanes of at least 4 members (excludes halogenated alkanes) is 1. The fraction of sp³-hybridized carbons (Fsp3) is 0.600. The summed E-state index contributed by atoms with van der Waals surface area (Å²) < 4.78 is 0. The van der Waals surface area contributed by atoms with Gasteiger partial charge in [0.1, 0.15) is 0 Å². The van der Waals surface area contributed by atoms with E-state index in [4.69, 9.17) is 5.73 Å². The van der Waals surface area contributed by atoms with Crippen LogP contribution in [0.15, 0.2) is 29.3 Å². The molecule has 0 bridgehead atoms. The average molecular weight is 379 g/mol. The van der Waals surface area contributed by atoms with Crippen LogP contribution < -0.4 is 16.4 Å². The van der Waals surface area contributed by atoms with Crippen LogP contribution in [-0.2, 0) is 4.79 Å². The van der Waals surface area contributed by atoms with Crippen LogP contribution in [0.1, 0.15) is 52.5 Å². The molecule has 2 heterocycles. The van der Waals surface area contributed by atoms with Crippen LogP contribution in [0.5, 0.6) is 0 Å². The number of hydrogen-bond donors (Lipinski definition) is 3. The van der Waals surface area contributed by atoms with Gasteiger partial charge in [-0.25, -0.2) is 4.99 Å². The molecule has 3 rings (SSSR count). The molecule has 1 fully saturated rings. The summed E-state index contributed by atoms with van der Waals surface area (Å²) in [5, 5.41) is 6.71. The van der Waals surface area contributed by atoms with Gasteiger partial charge in [0.25, 0.3) is 0 Å². The van der Waals surface area contributed by atoms with Crippen LogP contribution in [-0.4, -0.2) is 35.0 Å². The first-order chi connectivity index (χ1) is 12.1. The van der Waals surface area contributed by atoms with Crippen molar-refractivity contribution in [3.05, 3.63) is 29.8 Å². The number of hydrogen-bond acceptors (Lipinski definition) is 5. The quantitative estimate of drug-likeness (QED) is 0.655. The lowest BCUT2D eigenvalue weighted by Gasteiger charge is -2.14. The molecule has 0 radical (unpaired) electrons. The molecule has 1 aromatic rings. The van der Waals surface area contributed by atoms with Crippen molar-refractivity contribution in [1.29, 1.82) is 0 Å². The lowest BCUT2D eigenvalue weighted by atomic mass is 10.0. The van der Waals surface area contributed by atoms with E-state index in [0.29, 0.717) is 29.7 Å². The van der Waals surface area contributed by atoms with Gasteiger partial charge in [-0.15, -0.1) is 0 Å². The number of carbonyl (C=O) groups excluding carboxylic acids is 1. The Morgan fingerprint density at radius 3 is 2.69 bits per heavy atom. The van der Waals surface area contributed by atoms with Crippen molar-refractivity contribution in [2.24, 2.45) is 10.7 Å². The van der Waals surface area contributed by atoms with Gasteiger partial charge in [-0.1, -0.05) is 45.4 Å². The number of fused-ring (bicyclic) bond motifs is 1. The maximum Gasteiger partial charge on any atom is 0.224 e. The number of aryl methyl sites for hydroxylation is 1. The molecule has 4 N–H and O–H groups in total. The number of carbonyl (C=O) groups is 1. The molecule has 0 saturated carbocycles. The molecular formula is C20H34N4OS. The van der Waals surface area contributed by atoms with E-state index in [9.17, 15) is 4.79 Å². The highest BCUT2D eigenvalue weighted by molar-refractivity contribution is 8.00. The molecule has 6 heteroatoms. The van der Waals surface area contributed by atoms with E-state index >= 15 is 0 Å². The second kappa shape index (κ2) is 11.1. The first-order valence-corrected chi connectivity index (χ1v) is 10.2. The fourth-order valence-corrected chi connectivity index (χ4v) is 4.63. The molecule has 3 unspecified atom stereocenters. The zero-order chi connectivity index (χ0) is 18.2. The van der Waals surface area contributed by atoms with Gasteiger partial charge in [0.2, 0.25) is 5.91 Å². The summed E-state index contributed by atoms with van der Waals surface area (Å²) in [6.07, 6.45) is 3.64. The van der Waals surface area contributed by atoms with Gasteiger partial charge in [0.05, 0.1) is 12.1 Å². The Kier molecular flexibility index (Phi) is 9.55. The monoisotopic (exact) mass is 378 g/mol. The average Bonchev–Trinajstić information content (AvgIpc) is 3.15. The van der Waals surface area contributed by atoms with E-state index in [0.717, 1.165) is 30.7 Å². The van der Waals surface area contributed by atoms with Crippen molar-refractivity contribution in [2.75, 3.05) is 11.1 Å². The minimum absolute atomic E-state index is 0. The third-order valence-electron chi connectivity index (χ3n) is 4.38. The number of nitrogens with one attached hydrogen (secondary N) is 2. The first-order valence-electron chi connectivity index (χ1n) is 9.20. The van der Waals surface area contributed by atoms with Gasteiger partial charge in [0, 0.05) is 23.1 Å². The summed E-state index contributed by atoms with van der Waals surface area (Å²) in [6, 6.07) is 8.63. The van der Waals surface area contributed by atoms with Gasteiger partial charge in [-0.3, -0.25) is 4.79 Å². The number of thioether (sulfide) groups is 1. The van der Waals surface area contributed by atoms with Gasteiger partial charge in [-0.05, 0) is 31.9 Å². The SMILES string of the molecule is C.CC.Cc1ccc(NC(=O)CCCCC2SCC3NC(N)=NC32)cc1. The van der Waals surface area contributed by atoms with Gasteiger partial charge >= 0.3 is 0 Å². The van der Waals surface area contributed by atoms with Crippen LogP contribution in [0.2, 0.25) is 0 Å². The molecule has 1 aromatic carbocycles. The van der Waals surface area contributed by atoms with E-state index in [1.807, 2.05) is 56.8 Å². The van der Waals surface area contributed by atoms with Gasteiger partial charge < -0.3 is 16.4 Å². The van der Waals surface area contributed by atoms with Crippen molar-refractivity contribution in [2.45, 2.75) is 71.2 Å². The van der Waals surface area contributed by atoms with Crippen LogP contribution in [0, 0.1) is 6.92 Å². The normalized spacial score (nSPS) is 22.9. The number of amides is 1. The highest BCUT2D eigenvalue weighted by atomic mass is 32.2. The summed E-state index contributed by atoms with van der Waals surface area (Å²) in [5.74, 6) is 1.76. The lowest BCUT2D eigenvalue weighted by molar-refractivity contribution is -0.116. The van der Waals surface area contributed by atoms with Crippen molar-refractivity contribution in [3.8, 4) is 0 Å². The summed E-state index contributed by atoms with van der Waals surface area (Å²) in [6.45, 7) is 6.04. The van der Waals surface area contributed by atoms with Crippen LogP contribution >= 0.6 is 11.8 Å². The zero-order valence-corrected chi connectivity index (χ0v) is 16.2. The summed E-state index contributed by atoms with van der Waals surface area (Å²) in [7, 11) is 0. The van der Waals surface area contributed by atoms with E-state index in [2.05, 4.69) is 15.6 Å². The first kappa shape index (κ1) is 22.4. The summed E-state index contributed by atoms with van der Waals surface area (Å²) >= 11 is 1.97. The van der Waals surface area contributed by atoms with Crippen molar-refractivity contribution in [1.82, 2.24) is 5.32 Å². The Balaban J connectivity index is 0.00000109. The van der Waals surface area contributed by atoms with Gasteiger partial charge in [0.15, 0.2) is 5.96 Å². The number of aliphatic imine (C=N–C) groups is 1. The van der Waals surface area contributed by atoms with E-state index in [1.165, 1.54) is 5.56 Å². The van der Waals surface area contributed by atoms with E-state index < -0.39 is 0 Å². The largest absolute Gasteiger partial charge is 0.370 e. The number of nitrogens with two attached hydrogens (primary N) is 1. The third kappa shape index (κ3) is 6.24. The third-order valence-corrected chi connectivity index (χ3v) is 5.88. The number of nitrogens with zero attached hydrogens (tertiary/aromatic N) is 1. The molecule has 26 heavy (non-hydrogen) atoms. The van der Waals surface area contributed by atoms with Crippen molar-refractivity contribution < 1.29 is 4.79 Å². The highest BCUT2D eigenvalue weighted by Crippen LogP contribution is 2.35. The molecular weight excluding hydrogens is 344 g/mol. The number of anilines is 1. The molecule has 1 amide bonds. The number of benzene rings is 1. The summed E-state index contributed by atoms with van der Waals surface area (Å²) in [4.78, 5) is 16.4. The number of rotatable bonds is 6. The molecule has 0 aliphatic carbocycles. The Bertz CT molecular complexity index is 588. The smallest absolute Gasteiger partial charge is 0.224 e. The van der Waals surface area contributed by atoms with Crippen molar-refractivity contribution >= 4 is 29.3 Å². The van der Waals surface area contributed by atoms with Crippen LogP contribution in [0.25, 0.3) is 0 Å². The van der Waals surface area contributed by atoms with Gasteiger partial charge in [-0.2, -0.15) is 11.8 Å². The number of guanidine groups is 1. The summed E-state index contributed by atoms with van der Waals surface area (Å²) in [5.41, 5.74) is 7.81. The van der Waals surface area contributed by atoms with Crippen LogP contribution in [0.4, 0.5) is 5.69 Å². The molecule has 1 saturated heterocycles. The second-order valence-corrected chi connectivity index (χ2v) is 7.56. The molecule has 0 aromatic heterocycles. The maximum absolute atomic E-state index is 12.0. The Labute approximate surface area is 162 Å². The fourth-order valence-electron chi connectivity index (χ4n) is 3.12. The Morgan fingerprint density at radius 1 is 1.31 bits per heavy atom. The van der Waals surface area contributed by atoms with E-state index in [-0.39, 0.29) is 13.3 Å². The Morgan fingerprint density at radius 2 is 2.00 bits per heavy atom. The zero-order valence-electron chi connectivity index (χ0n) is 15.4. The second-order valence-electron chi connectivity index (χ2n) is 6.29. The lowest BCUT2D eigenvalue weighted by Crippen LogP contribution is -2.38. The molecule has 5 nitrogen and oxygen atoms in total. The predicted octanol–water partition coefficient (Wildman–Crippen LogP) is 3.93. The molecule has 0 spiro atoms. The molecule has 2 aliphatic heterocycles.